The molecule has 0 bridgehead atoms. The van der Waals surface area contributed by atoms with Gasteiger partial charge in [-0.1, -0.05) is 5.16 Å². The van der Waals surface area contributed by atoms with E-state index in [1.165, 1.54) is 0 Å². The van der Waals surface area contributed by atoms with Crippen molar-refractivity contribution in [3.05, 3.63) is 17.5 Å². The number of carbonyl (C=O) groups excluding carboxylic acids is 2. The third kappa shape index (κ3) is 4.29. The van der Waals surface area contributed by atoms with Gasteiger partial charge in [-0.15, -0.1) is 0 Å². The minimum Gasteiger partial charge on any atom is -0.383 e. The summed E-state index contributed by atoms with van der Waals surface area (Å²) in [5.74, 6) is 0.234. The van der Waals surface area contributed by atoms with Crippen molar-refractivity contribution in [2.75, 3.05) is 53.6 Å². The molecule has 2 rings (SSSR count). The van der Waals surface area contributed by atoms with Gasteiger partial charge in [0.25, 0.3) is 5.91 Å². The molecule has 2 heterocycles. The van der Waals surface area contributed by atoms with Crippen LogP contribution in [0.15, 0.2) is 10.6 Å². The number of amides is 2. The van der Waals surface area contributed by atoms with Crippen LogP contribution in [0.25, 0.3) is 0 Å². The van der Waals surface area contributed by atoms with Crippen molar-refractivity contribution < 1.29 is 23.6 Å². The molecule has 8 nitrogen and oxygen atoms in total. The van der Waals surface area contributed by atoms with E-state index < -0.39 is 0 Å². The van der Waals surface area contributed by atoms with Crippen molar-refractivity contribution in [1.82, 2.24) is 15.0 Å². The maximum atomic E-state index is 12.5. The first-order chi connectivity index (χ1) is 11.1. The second-order valence-corrected chi connectivity index (χ2v) is 5.54. The van der Waals surface area contributed by atoms with E-state index in [-0.39, 0.29) is 23.4 Å². The zero-order valence-electron chi connectivity index (χ0n) is 13.8. The molecular weight excluding hydrogens is 302 g/mol. The van der Waals surface area contributed by atoms with E-state index in [0.717, 1.165) is 0 Å². The highest BCUT2D eigenvalue weighted by atomic mass is 16.5. The van der Waals surface area contributed by atoms with Gasteiger partial charge in [0.15, 0.2) is 5.69 Å². The monoisotopic (exact) mass is 325 g/mol. The van der Waals surface area contributed by atoms with Crippen LogP contribution < -0.4 is 0 Å². The molecule has 0 spiro atoms. The van der Waals surface area contributed by atoms with Crippen LogP contribution in [-0.4, -0.2) is 80.4 Å². The number of rotatable bonds is 8. The van der Waals surface area contributed by atoms with Gasteiger partial charge in [-0.3, -0.25) is 9.59 Å². The minimum atomic E-state index is -0.203. The first-order valence-corrected chi connectivity index (χ1v) is 7.56. The van der Waals surface area contributed by atoms with E-state index >= 15 is 0 Å². The maximum Gasteiger partial charge on any atom is 0.276 e. The highest BCUT2D eigenvalue weighted by Gasteiger charge is 2.38. The number of hydrogen-bond acceptors (Lipinski definition) is 6. The van der Waals surface area contributed by atoms with Gasteiger partial charge in [-0.25, -0.2) is 0 Å². The average Bonchev–Trinajstić information content (AvgIpc) is 2.92. The summed E-state index contributed by atoms with van der Waals surface area (Å²) in [6.45, 7) is 4.53. The lowest BCUT2D eigenvalue weighted by Gasteiger charge is -2.40. The summed E-state index contributed by atoms with van der Waals surface area (Å²) in [6.07, 6.45) is 0. The maximum absolute atomic E-state index is 12.5. The summed E-state index contributed by atoms with van der Waals surface area (Å²) in [4.78, 5) is 28.0. The van der Waals surface area contributed by atoms with Crippen molar-refractivity contribution in [3.63, 3.8) is 0 Å². The van der Waals surface area contributed by atoms with Crippen molar-refractivity contribution >= 4 is 11.8 Å². The van der Waals surface area contributed by atoms with Gasteiger partial charge in [-0.2, -0.15) is 0 Å². The SMILES string of the molecule is COCCN(CCOC)C(=O)C1CN(C(=O)c2cc(C)on2)C1. The smallest absolute Gasteiger partial charge is 0.276 e. The van der Waals surface area contributed by atoms with Gasteiger partial charge in [0.2, 0.25) is 5.91 Å². The number of ether oxygens (including phenoxy) is 2. The van der Waals surface area contributed by atoms with Crippen LogP contribution in [0.5, 0.6) is 0 Å². The molecule has 0 saturated carbocycles. The Morgan fingerprint density at radius 3 is 2.39 bits per heavy atom. The molecule has 0 aromatic carbocycles. The highest BCUT2D eigenvalue weighted by Crippen LogP contribution is 2.21. The molecule has 1 aromatic heterocycles. The van der Waals surface area contributed by atoms with E-state index in [1.807, 2.05) is 0 Å². The van der Waals surface area contributed by atoms with E-state index in [2.05, 4.69) is 5.16 Å². The zero-order valence-corrected chi connectivity index (χ0v) is 13.8. The molecule has 2 amide bonds. The van der Waals surface area contributed by atoms with E-state index in [1.54, 1.807) is 37.0 Å². The zero-order chi connectivity index (χ0) is 16.8. The Balaban J connectivity index is 1.86. The molecule has 8 heteroatoms. The molecule has 0 N–H and O–H groups in total. The molecule has 0 unspecified atom stereocenters. The average molecular weight is 325 g/mol. The first-order valence-electron chi connectivity index (χ1n) is 7.56. The topological polar surface area (TPSA) is 85.1 Å². The Labute approximate surface area is 135 Å². The standard InChI is InChI=1S/C15H23N3O5/c1-11-8-13(16-23-11)15(20)18-9-12(10-18)14(19)17(4-6-21-2)5-7-22-3/h8,12H,4-7,9-10H2,1-3H3. The third-order valence-corrected chi connectivity index (χ3v) is 3.81. The number of likely N-dealkylation sites (tertiary alicyclic amines) is 1. The predicted molar refractivity (Wildman–Crippen MR) is 81.0 cm³/mol. The van der Waals surface area contributed by atoms with Crippen LogP contribution in [-0.2, 0) is 14.3 Å². The molecule has 0 radical (unpaired) electrons. The summed E-state index contributed by atoms with van der Waals surface area (Å²) in [5.41, 5.74) is 0.282. The largest absolute Gasteiger partial charge is 0.383 e. The molecule has 128 valence electrons. The Hall–Kier alpha value is -1.93. The van der Waals surface area contributed by atoms with Gasteiger partial charge in [-0.05, 0) is 6.92 Å². The van der Waals surface area contributed by atoms with Crippen LogP contribution >= 0.6 is 0 Å². The fourth-order valence-corrected chi connectivity index (χ4v) is 2.42. The fourth-order valence-electron chi connectivity index (χ4n) is 2.42. The Kier molecular flexibility index (Phi) is 6.12. The summed E-state index contributed by atoms with van der Waals surface area (Å²) in [5, 5.41) is 3.71. The van der Waals surface area contributed by atoms with Crippen LogP contribution in [0.3, 0.4) is 0 Å². The van der Waals surface area contributed by atoms with E-state index in [4.69, 9.17) is 14.0 Å². The molecule has 0 aliphatic carbocycles. The molecule has 23 heavy (non-hydrogen) atoms. The van der Waals surface area contributed by atoms with Crippen molar-refractivity contribution in [1.29, 1.82) is 0 Å². The number of methoxy groups -OCH3 is 2. The quantitative estimate of drug-likeness (QED) is 0.678. The van der Waals surface area contributed by atoms with Crippen LogP contribution in [0, 0.1) is 12.8 Å². The number of nitrogens with zero attached hydrogens (tertiary/aromatic N) is 3. The van der Waals surface area contributed by atoms with Crippen molar-refractivity contribution in [2.24, 2.45) is 5.92 Å². The second kappa shape index (κ2) is 8.07. The fraction of sp³-hybridized carbons (Fsp3) is 0.667. The molecule has 1 aliphatic heterocycles. The van der Waals surface area contributed by atoms with Gasteiger partial charge in [0.1, 0.15) is 5.76 Å². The Bertz CT molecular complexity index is 531. The van der Waals surface area contributed by atoms with Crippen LogP contribution in [0.2, 0.25) is 0 Å². The van der Waals surface area contributed by atoms with Crippen LogP contribution in [0.4, 0.5) is 0 Å². The summed E-state index contributed by atoms with van der Waals surface area (Å²) >= 11 is 0. The van der Waals surface area contributed by atoms with E-state index in [9.17, 15) is 9.59 Å². The van der Waals surface area contributed by atoms with Crippen molar-refractivity contribution in [3.8, 4) is 0 Å². The van der Waals surface area contributed by atoms with E-state index in [0.29, 0.717) is 45.2 Å². The van der Waals surface area contributed by atoms with Gasteiger partial charge in [0.05, 0.1) is 19.1 Å². The molecule has 1 aliphatic rings. The van der Waals surface area contributed by atoms with Gasteiger partial charge in [0, 0.05) is 46.5 Å². The second-order valence-electron chi connectivity index (χ2n) is 5.54. The highest BCUT2D eigenvalue weighted by molar-refractivity contribution is 5.94. The van der Waals surface area contributed by atoms with Gasteiger partial charge >= 0.3 is 0 Å². The molecule has 0 atom stereocenters. The Morgan fingerprint density at radius 1 is 1.30 bits per heavy atom. The predicted octanol–water partition coefficient (Wildman–Crippen LogP) is 0.176. The summed E-state index contributed by atoms with van der Waals surface area (Å²) < 4.78 is 15.0. The van der Waals surface area contributed by atoms with Crippen LogP contribution in [0.1, 0.15) is 16.2 Å². The normalized spacial score (nSPS) is 14.7. The number of aryl methyl sites for hydroxylation is 1. The number of aromatic nitrogens is 1. The van der Waals surface area contributed by atoms with Crippen molar-refractivity contribution in [2.45, 2.75) is 6.92 Å². The summed E-state index contributed by atoms with van der Waals surface area (Å²) in [7, 11) is 3.20. The molecule has 1 aromatic rings. The Morgan fingerprint density at radius 2 is 1.91 bits per heavy atom. The number of carbonyl (C=O) groups is 2. The third-order valence-electron chi connectivity index (χ3n) is 3.81. The lowest BCUT2D eigenvalue weighted by atomic mass is 9.97. The lowest BCUT2D eigenvalue weighted by molar-refractivity contribution is -0.141. The first kappa shape index (κ1) is 17.4. The van der Waals surface area contributed by atoms with Gasteiger partial charge < -0.3 is 23.8 Å². The lowest BCUT2D eigenvalue weighted by Crippen LogP contribution is -2.57. The molecule has 1 saturated heterocycles. The molecular formula is C15H23N3O5. The molecule has 1 fully saturated rings. The minimum absolute atomic E-state index is 0.0273. The summed E-state index contributed by atoms with van der Waals surface area (Å²) in [6, 6.07) is 1.60. The number of hydrogen-bond donors (Lipinski definition) is 0.